The van der Waals surface area contributed by atoms with E-state index in [2.05, 4.69) is 38.0 Å². The molecule has 0 bridgehead atoms. The third kappa shape index (κ3) is 1.47. The zero-order chi connectivity index (χ0) is 12.1. The second kappa shape index (κ2) is 3.15. The van der Waals surface area contributed by atoms with Crippen molar-refractivity contribution in [3.05, 3.63) is 23.9 Å². The first-order chi connectivity index (χ1) is 7.26. The van der Waals surface area contributed by atoms with Crippen LogP contribution in [-0.2, 0) is 0 Å². The van der Waals surface area contributed by atoms with Crippen molar-refractivity contribution in [3.8, 4) is 0 Å². The zero-order valence-corrected chi connectivity index (χ0v) is 9.94. The molecule has 0 radical (unpaired) electrons. The van der Waals surface area contributed by atoms with E-state index in [0.717, 1.165) is 12.3 Å². The number of hydrogen-bond acceptors (Lipinski definition) is 2. The van der Waals surface area contributed by atoms with Crippen LogP contribution in [-0.4, -0.2) is 11.0 Å². The van der Waals surface area contributed by atoms with E-state index in [1.807, 2.05) is 0 Å². The van der Waals surface area contributed by atoms with Crippen molar-refractivity contribution in [1.29, 1.82) is 0 Å². The molecule has 0 atom stereocenters. The Bertz CT molecular complexity index is 413. The summed E-state index contributed by atoms with van der Waals surface area (Å²) >= 11 is 0. The van der Waals surface area contributed by atoms with Gasteiger partial charge in [0.25, 0.3) is 0 Å². The molecule has 1 saturated carbocycles. The van der Waals surface area contributed by atoms with Gasteiger partial charge in [0.2, 0.25) is 0 Å². The van der Waals surface area contributed by atoms with Crippen LogP contribution in [0.15, 0.2) is 12.3 Å². The Balaban J connectivity index is 2.18. The second-order valence-electron chi connectivity index (χ2n) is 5.50. The van der Waals surface area contributed by atoms with E-state index in [4.69, 9.17) is 0 Å². The fourth-order valence-corrected chi connectivity index (χ4v) is 2.21. The van der Waals surface area contributed by atoms with Gasteiger partial charge in [-0.2, -0.15) is 0 Å². The third-order valence-corrected chi connectivity index (χ3v) is 4.11. The third-order valence-electron chi connectivity index (χ3n) is 4.11. The minimum absolute atomic E-state index is 0.0928. The normalized spacial score (nSPS) is 21.9. The summed E-state index contributed by atoms with van der Waals surface area (Å²) in [4.78, 5) is 3.73. The van der Waals surface area contributed by atoms with Crippen LogP contribution in [0.3, 0.4) is 0 Å². The first-order valence-corrected chi connectivity index (χ1v) is 5.34. The van der Waals surface area contributed by atoms with Gasteiger partial charge in [0.15, 0.2) is 11.6 Å². The molecule has 1 aromatic rings. The number of pyridine rings is 1. The van der Waals surface area contributed by atoms with Crippen molar-refractivity contribution in [2.75, 3.05) is 5.32 Å². The van der Waals surface area contributed by atoms with E-state index in [0.29, 0.717) is 0 Å². The Labute approximate surface area is 94.1 Å². The summed E-state index contributed by atoms with van der Waals surface area (Å²) < 4.78 is 26.1. The number of halogens is 2. The average molecular weight is 226 g/mol. The van der Waals surface area contributed by atoms with Crippen LogP contribution in [0.4, 0.5) is 14.6 Å². The molecule has 16 heavy (non-hydrogen) atoms. The average Bonchev–Trinajstić information content (AvgIpc) is 2.52. The number of aromatic nitrogens is 1. The highest BCUT2D eigenvalue weighted by Crippen LogP contribution is 2.63. The Kier molecular flexibility index (Phi) is 2.23. The lowest BCUT2D eigenvalue weighted by Gasteiger charge is -2.07. The van der Waals surface area contributed by atoms with E-state index in [9.17, 15) is 8.78 Å². The minimum Gasteiger partial charge on any atom is -0.364 e. The Morgan fingerprint density at radius 3 is 2.19 bits per heavy atom. The van der Waals surface area contributed by atoms with Crippen molar-refractivity contribution in [2.24, 2.45) is 10.8 Å². The Morgan fingerprint density at radius 2 is 1.75 bits per heavy atom. The van der Waals surface area contributed by atoms with Crippen molar-refractivity contribution < 1.29 is 8.78 Å². The topological polar surface area (TPSA) is 24.9 Å². The highest BCUT2D eigenvalue weighted by atomic mass is 19.1. The fraction of sp³-hybridized carbons (Fsp3) is 0.583. The van der Waals surface area contributed by atoms with Crippen LogP contribution in [0.2, 0.25) is 0 Å². The van der Waals surface area contributed by atoms with Crippen LogP contribution in [0, 0.1) is 22.5 Å². The molecule has 0 saturated heterocycles. The molecule has 1 heterocycles. The molecule has 0 spiro atoms. The fourth-order valence-electron chi connectivity index (χ4n) is 2.21. The summed E-state index contributed by atoms with van der Waals surface area (Å²) in [5.74, 6) is -1.17. The molecule has 2 nitrogen and oxygen atoms in total. The minimum atomic E-state index is -0.655. The number of rotatable bonds is 2. The number of nitrogens with one attached hydrogen (secondary N) is 1. The smallest absolute Gasteiger partial charge is 0.168 e. The maximum absolute atomic E-state index is 13.4. The summed E-state index contributed by atoms with van der Waals surface area (Å²) in [5.41, 5.74) is 0.186. The van der Waals surface area contributed by atoms with Crippen LogP contribution in [0.25, 0.3) is 0 Å². The van der Waals surface area contributed by atoms with Crippen LogP contribution in [0.1, 0.15) is 27.7 Å². The van der Waals surface area contributed by atoms with Gasteiger partial charge in [-0.15, -0.1) is 0 Å². The molecule has 88 valence electrons. The summed E-state index contributed by atoms with van der Waals surface area (Å²) in [6.45, 7) is 8.47. The van der Waals surface area contributed by atoms with Crippen molar-refractivity contribution in [1.82, 2.24) is 4.98 Å². The van der Waals surface area contributed by atoms with Gasteiger partial charge in [0, 0.05) is 12.1 Å². The molecule has 1 N–H and O–H groups in total. The predicted molar refractivity (Wildman–Crippen MR) is 59.1 cm³/mol. The van der Waals surface area contributed by atoms with Gasteiger partial charge in [-0.1, -0.05) is 27.7 Å². The van der Waals surface area contributed by atoms with E-state index in [1.165, 1.54) is 0 Å². The monoisotopic (exact) mass is 226 g/mol. The molecular weight excluding hydrogens is 210 g/mol. The van der Waals surface area contributed by atoms with Gasteiger partial charge in [0.1, 0.15) is 5.82 Å². The highest BCUT2D eigenvalue weighted by Gasteiger charge is 2.65. The van der Waals surface area contributed by atoms with Crippen LogP contribution < -0.4 is 5.32 Å². The van der Waals surface area contributed by atoms with Crippen molar-refractivity contribution in [2.45, 2.75) is 33.7 Å². The Hall–Kier alpha value is -1.19. The van der Waals surface area contributed by atoms with Gasteiger partial charge in [0.05, 0.1) is 6.20 Å². The quantitative estimate of drug-likeness (QED) is 0.837. The summed E-state index contributed by atoms with van der Waals surface area (Å²) in [7, 11) is 0. The first-order valence-electron chi connectivity index (χ1n) is 5.34. The van der Waals surface area contributed by atoms with Crippen LogP contribution in [0.5, 0.6) is 0 Å². The molecule has 1 fully saturated rings. The highest BCUT2D eigenvalue weighted by molar-refractivity contribution is 5.42. The molecule has 2 rings (SSSR count). The largest absolute Gasteiger partial charge is 0.364 e. The van der Waals surface area contributed by atoms with Crippen LogP contribution >= 0.6 is 0 Å². The summed E-state index contributed by atoms with van der Waals surface area (Å²) in [5, 5.41) is 3.04. The molecule has 1 aromatic heterocycles. The molecule has 0 aliphatic heterocycles. The van der Waals surface area contributed by atoms with Gasteiger partial charge in [-0.3, -0.25) is 0 Å². The van der Waals surface area contributed by atoms with E-state index >= 15 is 0 Å². The van der Waals surface area contributed by atoms with Gasteiger partial charge in [-0.05, 0) is 10.8 Å². The van der Waals surface area contributed by atoms with Gasteiger partial charge in [-0.25, -0.2) is 13.8 Å². The molecular formula is C12H16F2N2. The van der Waals surface area contributed by atoms with E-state index < -0.39 is 11.6 Å². The lowest BCUT2D eigenvalue weighted by Crippen LogP contribution is -2.12. The summed E-state index contributed by atoms with van der Waals surface area (Å²) in [6.07, 6.45) is 1.02. The number of nitrogens with zero attached hydrogens (tertiary/aromatic N) is 1. The van der Waals surface area contributed by atoms with Gasteiger partial charge < -0.3 is 5.32 Å². The molecule has 0 unspecified atom stereocenters. The lowest BCUT2D eigenvalue weighted by atomic mass is 10.0. The maximum Gasteiger partial charge on any atom is 0.168 e. The lowest BCUT2D eigenvalue weighted by molar-refractivity contribution is 0.457. The van der Waals surface area contributed by atoms with Crippen molar-refractivity contribution in [3.63, 3.8) is 0 Å². The first kappa shape index (κ1) is 11.3. The molecule has 0 amide bonds. The molecule has 1 aliphatic carbocycles. The van der Waals surface area contributed by atoms with Crippen molar-refractivity contribution >= 4 is 5.82 Å². The van der Waals surface area contributed by atoms with E-state index in [-0.39, 0.29) is 22.7 Å². The second-order valence-corrected chi connectivity index (χ2v) is 5.50. The predicted octanol–water partition coefficient (Wildman–Crippen LogP) is 3.21. The summed E-state index contributed by atoms with van der Waals surface area (Å²) in [6, 6.07) is 1.00. The van der Waals surface area contributed by atoms with E-state index in [1.54, 1.807) is 0 Å². The maximum atomic E-state index is 13.4. The molecule has 1 aliphatic rings. The standard InChI is InChI=1S/C12H16F2N2/c1-11(2)10(12(11,3)4)16-9-8(14)5-7(13)6-15-9/h5-6,10H,1-4H3,(H,15,16). The Morgan fingerprint density at radius 1 is 1.19 bits per heavy atom. The SMILES string of the molecule is CC1(C)C(Nc2ncc(F)cc2F)C1(C)C. The molecule has 0 aromatic carbocycles. The molecule has 4 heteroatoms. The number of anilines is 1. The number of hydrogen-bond donors (Lipinski definition) is 1. The zero-order valence-electron chi connectivity index (χ0n) is 9.94. The van der Waals surface area contributed by atoms with Gasteiger partial charge >= 0.3 is 0 Å².